The van der Waals surface area contributed by atoms with E-state index >= 15 is 0 Å². The van der Waals surface area contributed by atoms with Gasteiger partial charge < -0.3 is 0 Å². The van der Waals surface area contributed by atoms with Gasteiger partial charge in [0.05, 0.1) is 13.2 Å². The van der Waals surface area contributed by atoms with E-state index in [0.29, 0.717) is 0 Å². The molecule has 0 saturated carbocycles. The number of nitrogens with zero attached hydrogens (tertiary/aromatic N) is 1. The van der Waals surface area contributed by atoms with Gasteiger partial charge in [0.2, 0.25) is 0 Å². The molecule has 1 rings (SSSR count). The second-order valence-corrected chi connectivity index (χ2v) is 2.10. The van der Waals surface area contributed by atoms with Crippen LogP contribution in [0.1, 0.15) is 0 Å². The van der Waals surface area contributed by atoms with Crippen molar-refractivity contribution in [1.82, 2.24) is 0 Å². The van der Waals surface area contributed by atoms with E-state index < -0.39 is 0 Å². The molecule has 0 fully saturated rings. The summed E-state index contributed by atoms with van der Waals surface area (Å²) in [4.78, 5) is 0. The molecule has 0 N–H and O–H groups in total. The van der Waals surface area contributed by atoms with Crippen molar-refractivity contribution in [3.05, 3.63) is 25.1 Å². The lowest BCUT2D eigenvalue weighted by Crippen LogP contribution is -2.37. The molecule has 0 amide bonds. The van der Waals surface area contributed by atoms with Crippen molar-refractivity contribution in [2.24, 2.45) is 0 Å². The molecule has 7 heavy (non-hydrogen) atoms. The van der Waals surface area contributed by atoms with E-state index in [-0.39, 0.29) is 0 Å². The topological polar surface area (TPSA) is 0 Å². The molecule has 1 unspecified atom stereocenters. The first-order valence-electron chi connectivity index (χ1n) is 2.43. The Morgan fingerprint density at radius 3 is 2.43 bits per heavy atom. The second kappa shape index (κ2) is 1.20. The third-order valence-electron chi connectivity index (χ3n) is 1.36. The summed E-state index contributed by atoms with van der Waals surface area (Å²) in [5.41, 5.74) is 0. The van der Waals surface area contributed by atoms with Crippen LogP contribution in [0.3, 0.4) is 0 Å². The minimum atomic E-state index is 0.903. The SMILES string of the molecule is C=C[N+]1(C)C=CC1. The summed E-state index contributed by atoms with van der Waals surface area (Å²) in [6.45, 7) is 4.79. The summed E-state index contributed by atoms with van der Waals surface area (Å²) in [7, 11) is 2.12. The second-order valence-electron chi connectivity index (χ2n) is 2.10. The average molecular weight is 96.2 g/mol. The average Bonchev–Trinajstić information content (AvgIpc) is 1.61. The third kappa shape index (κ3) is 0.591. The Hall–Kier alpha value is -0.560. The molecule has 0 aromatic heterocycles. The lowest BCUT2D eigenvalue weighted by molar-refractivity contribution is -0.817. The maximum absolute atomic E-state index is 3.68. The highest BCUT2D eigenvalue weighted by Crippen LogP contribution is 2.12. The maximum atomic E-state index is 3.68. The third-order valence-corrected chi connectivity index (χ3v) is 1.36. The Bertz CT molecular complexity index is 115. The fourth-order valence-corrected chi connectivity index (χ4v) is 0.573. The number of quaternary nitrogens is 1. The van der Waals surface area contributed by atoms with Gasteiger partial charge in [-0.05, 0) is 6.58 Å². The van der Waals surface area contributed by atoms with Gasteiger partial charge in [-0.2, -0.15) is 0 Å². The van der Waals surface area contributed by atoms with Crippen LogP contribution in [0.15, 0.2) is 25.1 Å². The Morgan fingerprint density at radius 1 is 1.86 bits per heavy atom. The first-order chi connectivity index (χ1) is 3.27. The number of rotatable bonds is 1. The smallest absolute Gasteiger partial charge is 0.111 e. The molecule has 0 spiro atoms. The van der Waals surface area contributed by atoms with E-state index in [1.54, 1.807) is 0 Å². The molecule has 1 heterocycles. The highest BCUT2D eigenvalue weighted by atomic mass is 15.3. The van der Waals surface area contributed by atoms with E-state index in [1.807, 2.05) is 6.20 Å². The monoisotopic (exact) mass is 96.1 g/mol. The summed E-state index contributed by atoms with van der Waals surface area (Å²) in [6, 6.07) is 0. The molecular formula is C6H10N+. The summed E-state index contributed by atoms with van der Waals surface area (Å²) in [5.74, 6) is 0. The Balaban J connectivity index is 2.64. The van der Waals surface area contributed by atoms with Crippen LogP contribution in [0.4, 0.5) is 0 Å². The van der Waals surface area contributed by atoms with Gasteiger partial charge >= 0.3 is 0 Å². The van der Waals surface area contributed by atoms with E-state index in [9.17, 15) is 0 Å². The Labute approximate surface area is 44.1 Å². The van der Waals surface area contributed by atoms with Gasteiger partial charge in [0.25, 0.3) is 0 Å². The largest absolute Gasteiger partial charge is 0.271 e. The molecule has 0 saturated heterocycles. The van der Waals surface area contributed by atoms with E-state index in [0.717, 1.165) is 11.0 Å². The summed E-state index contributed by atoms with van der Waals surface area (Å²) < 4.78 is 0.903. The van der Waals surface area contributed by atoms with Crippen molar-refractivity contribution in [2.45, 2.75) is 0 Å². The zero-order valence-corrected chi connectivity index (χ0v) is 4.59. The molecule has 1 nitrogen and oxygen atoms in total. The van der Waals surface area contributed by atoms with E-state index in [2.05, 4.69) is 25.9 Å². The Kier molecular flexibility index (Phi) is 0.790. The molecule has 0 aromatic carbocycles. The van der Waals surface area contributed by atoms with E-state index in [1.165, 1.54) is 0 Å². The van der Waals surface area contributed by atoms with Crippen LogP contribution in [-0.4, -0.2) is 18.1 Å². The van der Waals surface area contributed by atoms with Crippen LogP contribution >= 0.6 is 0 Å². The van der Waals surface area contributed by atoms with Gasteiger partial charge in [-0.25, -0.2) is 0 Å². The molecule has 38 valence electrons. The molecule has 0 aromatic rings. The number of hydrogen-bond acceptors (Lipinski definition) is 0. The van der Waals surface area contributed by atoms with Crippen LogP contribution in [0.5, 0.6) is 0 Å². The summed E-state index contributed by atoms with van der Waals surface area (Å²) in [5, 5.41) is 0. The van der Waals surface area contributed by atoms with Crippen LogP contribution in [0, 0.1) is 0 Å². The lowest BCUT2D eigenvalue weighted by Gasteiger charge is -2.29. The van der Waals surface area contributed by atoms with Crippen LogP contribution < -0.4 is 0 Å². The highest BCUT2D eigenvalue weighted by molar-refractivity contribution is 4.87. The van der Waals surface area contributed by atoms with Crippen molar-refractivity contribution >= 4 is 0 Å². The zero-order chi connectivity index (χ0) is 5.33. The Morgan fingerprint density at radius 2 is 2.43 bits per heavy atom. The highest BCUT2D eigenvalue weighted by Gasteiger charge is 2.18. The first-order valence-corrected chi connectivity index (χ1v) is 2.43. The minimum Gasteiger partial charge on any atom is -0.271 e. The van der Waals surface area contributed by atoms with Crippen LogP contribution in [0.25, 0.3) is 0 Å². The molecule has 1 heteroatoms. The van der Waals surface area contributed by atoms with Crippen molar-refractivity contribution < 1.29 is 4.48 Å². The van der Waals surface area contributed by atoms with Gasteiger partial charge in [0.15, 0.2) is 0 Å². The van der Waals surface area contributed by atoms with Crippen molar-refractivity contribution in [3.8, 4) is 0 Å². The van der Waals surface area contributed by atoms with Crippen LogP contribution in [-0.2, 0) is 0 Å². The minimum absolute atomic E-state index is 0.903. The summed E-state index contributed by atoms with van der Waals surface area (Å²) in [6.07, 6.45) is 6.19. The molecule has 1 aliphatic heterocycles. The van der Waals surface area contributed by atoms with Gasteiger partial charge in [0.1, 0.15) is 12.7 Å². The standard InChI is InChI=1S/C6H10N/c1-3-7(2)5-4-6-7/h3-5H,1,6H2,2H3/q+1. The number of likely N-dealkylation sites (N-methyl/N-ethyl adjacent to an activating group) is 1. The fourth-order valence-electron chi connectivity index (χ4n) is 0.573. The van der Waals surface area contributed by atoms with E-state index in [4.69, 9.17) is 0 Å². The van der Waals surface area contributed by atoms with Crippen molar-refractivity contribution in [1.29, 1.82) is 0 Å². The van der Waals surface area contributed by atoms with Gasteiger partial charge in [-0.3, -0.25) is 4.48 Å². The van der Waals surface area contributed by atoms with Gasteiger partial charge in [-0.1, -0.05) is 0 Å². The quantitative estimate of drug-likeness (QED) is 0.429. The predicted molar refractivity (Wildman–Crippen MR) is 30.4 cm³/mol. The maximum Gasteiger partial charge on any atom is 0.111 e. The predicted octanol–water partition coefficient (Wildman–Crippen LogP) is 1.10. The molecule has 1 atom stereocenters. The van der Waals surface area contributed by atoms with Gasteiger partial charge in [0, 0.05) is 6.08 Å². The van der Waals surface area contributed by atoms with Crippen molar-refractivity contribution in [2.75, 3.05) is 13.6 Å². The fraction of sp³-hybridized carbons (Fsp3) is 0.333. The van der Waals surface area contributed by atoms with Gasteiger partial charge in [-0.15, -0.1) is 0 Å². The molecule has 0 bridgehead atoms. The molecular weight excluding hydrogens is 86.1 g/mol. The first kappa shape index (κ1) is 4.60. The molecule has 1 aliphatic rings. The lowest BCUT2D eigenvalue weighted by atomic mass is 10.3. The summed E-state index contributed by atoms with van der Waals surface area (Å²) >= 11 is 0. The normalized spacial score (nSPS) is 37.3. The zero-order valence-electron chi connectivity index (χ0n) is 4.59. The van der Waals surface area contributed by atoms with Crippen LogP contribution in [0.2, 0.25) is 0 Å². The molecule has 0 radical (unpaired) electrons. The number of hydrogen-bond donors (Lipinski definition) is 0. The van der Waals surface area contributed by atoms with Crippen molar-refractivity contribution in [3.63, 3.8) is 0 Å². The molecule has 0 aliphatic carbocycles.